The maximum absolute atomic E-state index is 11.5. The maximum Gasteiger partial charge on any atom is 0.337 e. The molecule has 0 spiro atoms. The van der Waals surface area contributed by atoms with E-state index in [1.807, 2.05) is 6.26 Å². The lowest BCUT2D eigenvalue weighted by atomic mass is 10.1. The van der Waals surface area contributed by atoms with Crippen LogP contribution in [0, 0.1) is 10.1 Å². The highest BCUT2D eigenvalue weighted by Crippen LogP contribution is 2.47. The molecule has 0 aliphatic heterocycles. The van der Waals surface area contributed by atoms with Gasteiger partial charge >= 0.3 is 5.97 Å². The lowest BCUT2D eigenvalue weighted by molar-refractivity contribution is -0.384. The second kappa shape index (κ2) is 5.70. The van der Waals surface area contributed by atoms with E-state index in [-0.39, 0.29) is 10.4 Å². The number of carbonyl (C=O) groups excluding carboxylic acids is 1. The molecule has 0 radical (unpaired) electrons. The lowest BCUT2D eigenvalue weighted by Crippen LogP contribution is -2.18. The number of nitrogens with one attached hydrogen (secondary N) is 1. The van der Waals surface area contributed by atoms with Gasteiger partial charge in [0, 0.05) is 17.4 Å². The summed E-state index contributed by atoms with van der Waals surface area (Å²) in [5.74, 6) is -0.506. The highest BCUT2D eigenvalue weighted by molar-refractivity contribution is 8.00. The van der Waals surface area contributed by atoms with Crippen LogP contribution in [0.2, 0.25) is 0 Å². The summed E-state index contributed by atoms with van der Waals surface area (Å²) in [4.78, 5) is 22.1. The molecule has 1 saturated carbocycles. The molecule has 0 aromatic heterocycles. The summed E-state index contributed by atoms with van der Waals surface area (Å²) < 4.78 is 4.81. The monoisotopic (exact) mass is 296 g/mol. The van der Waals surface area contributed by atoms with Gasteiger partial charge in [0.25, 0.3) is 5.69 Å². The Kier molecular flexibility index (Phi) is 4.17. The number of nitrogens with zero attached hydrogens (tertiary/aromatic N) is 1. The number of methoxy groups -OCH3 is 1. The fourth-order valence-corrected chi connectivity index (χ4v) is 2.66. The molecule has 6 nitrogen and oxygen atoms in total. The fourth-order valence-electron chi connectivity index (χ4n) is 1.93. The van der Waals surface area contributed by atoms with Crippen molar-refractivity contribution in [1.29, 1.82) is 0 Å². The summed E-state index contributed by atoms with van der Waals surface area (Å²) in [5.41, 5.74) is 0.627. The van der Waals surface area contributed by atoms with Crippen LogP contribution in [0.25, 0.3) is 0 Å². The number of benzene rings is 1. The maximum atomic E-state index is 11.5. The molecule has 1 aliphatic rings. The molecule has 1 N–H and O–H groups in total. The molecular formula is C13H16N2O4S. The first kappa shape index (κ1) is 14.6. The van der Waals surface area contributed by atoms with Crippen molar-refractivity contribution in [2.24, 2.45) is 0 Å². The van der Waals surface area contributed by atoms with Gasteiger partial charge in [-0.1, -0.05) is 0 Å². The zero-order valence-corrected chi connectivity index (χ0v) is 12.2. The van der Waals surface area contributed by atoms with Gasteiger partial charge in [-0.05, 0) is 31.2 Å². The molecule has 7 heteroatoms. The van der Waals surface area contributed by atoms with Crippen molar-refractivity contribution in [3.05, 3.63) is 33.9 Å². The molecule has 0 amide bonds. The molecule has 2 rings (SSSR count). The number of thioether (sulfide) groups is 1. The standard InChI is InChI=1S/C13H16N2O4S/c1-19-12(16)9-3-4-11(15(17)18)10(7-9)14-8-13(20-2)5-6-13/h3-4,7,14H,5-6,8H2,1-2H3. The topological polar surface area (TPSA) is 81.5 Å². The number of esters is 1. The molecule has 0 atom stereocenters. The van der Waals surface area contributed by atoms with E-state index >= 15 is 0 Å². The van der Waals surface area contributed by atoms with Crippen molar-refractivity contribution in [3.63, 3.8) is 0 Å². The Hall–Kier alpha value is -1.76. The molecule has 1 aromatic carbocycles. The lowest BCUT2D eigenvalue weighted by Gasteiger charge is -2.14. The summed E-state index contributed by atoms with van der Waals surface area (Å²) >= 11 is 1.76. The highest BCUT2D eigenvalue weighted by Gasteiger charge is 2.41. The second-order valence-electron chi connectivity index (χ2n) is 4.72. The molecule has 0 saturated heterocycles. The predicted octanol–water partition coefficient (Wildman–Crippen LogP) is 2.69. The first-order valence-corrected chi connectivity index (χ1v) is 7.39. The Labute approximate surface area is 121 Å². The van der Waals surface area contributed by atoms with E-state index in [1.165, 1.54) is 25.3 Å². The molecule has 1 aliphatic carbocycles. The van der Waals surface area contributed by atoms with Crippen molar-refractivity contribution in [1.82, 2.24) is 0 Å². The van der Waals surface area contributed by atoms with E-state index in [0.717, 1.165) is 12.8 Å². The van der Waals surface area contributed by atoms with Gasteiger partial charge in [-0.25, -0.2) is 4.79 Å². The number of ether oxygens (including phenoxy) is 1. The minimum absolute atomic E-state index is 0.0328. The number of nitro benzene ring substituents is 1. The number of hydrogen-bond donors (Lipinski definition) is 1. The SMILES string of the molecule is COC(=O)c1ccc([N+](=O)[O-])c(NCC2(SC)CC2)c1. The number of anilines is 1. The van der Waals surface area contributed by atoms with Crippen LogP contribution in [0.4, 0.5) is 11.4 Å². The Balaban J connectivity index is 2.22. The van der Waals surface area contributed by atoms with Crippen molar-refractivity contribution in [2.75, 3.05) is 25.2 Å². The quantitative estimate of drug-likeness (QED) is 0.494. The second-order valence-corrected chi connectivity index (χ2v) is 6.00. The molecule has 108 valence electrons. The predicted molar refractivity (Wildman–Crippen MR) is 78.4 cm³/mol. The number of carbonyl (C=O) groups is 1. The van der Waals surface area contributed by atoms with Gasteiger partial charge in [-0.2, -0.15) is 11.8 Å². The van der Waals surface area contributed by atoms with Crippen molar-refractivity contribution < 1.29 is 14.5 Å². The first-order chi connectivity index (χ1) is 9.51. The minimum Gasteiger partial charge on any atom is -0.465 e. The Morgan fingerprint density at radius 3 is 2.75 bits per heavy atom. The fraction of sp³-hybridized carbons (Fsp3) is 0.462. The third-order valence-corrected chi connectivity index (χ3v) is 4.87. The van der Waals surface area contributed by atoms with Crippen LogP contribution in [0.5, 0.6) is 0 Å². The number of hydrogen-bond acceptors (Lipinski definition) is 6. The van der Waals surface area contributed by atoms with Crippen LogP contribution in [0.15, 0.2) is 18.2 Å². The number of nitro groups is 1. The number of rotatable bonds is 6. The summed E-state index contributed by atoms with van der Waals surface area (Å²) in [6, 6.07) is 4.20. The van der Waals surface area contributed by atoms with Gasteiger partial charge < -0.3 is 10.1 Å². The summed E-state index contributed by atoms with van der Waals surface area (Å²) in [7, 11) is 1.28. The highest BCUT2D eigenvalue weighted by atomic mass is 32.2. The van der Waals surface area contributed by atoms with E-state index in [4.69, 9.17) is 0 Å². The largest absolute Gasteiger partial charge is 0.465 e. The van der Waals surface area contributed by atoms with Crippen molar-refractivity contribution >= 4 is 29.1 Å². The molecule has 0 unspecified atom stereocenters. The van der Waals surface area contributed by atoms with Crippen LogP contribution in [0.1, 0.15) is 23.2 Å². The third-order valence-electron chi connectivity index (χ3n) is 3.46. The Morgan fingerprint density at radius 1 is 1.55 bits per heavy atom. The summed E-state index contributed by atoms with van der Waals surface area (Å²) in [6.07, 6.45) is 4.24. The smallest absolute Gasteiger partial charge is 0.337 e. The van der Waals surface area contributed by atoms with Gasteiger partial charge in [-0.15, -0.1) is 0 Å². The Bertz CT molecular complexity index is 543. The average molecular weight is 296 g/mol. The molecule has 0 heterocycles. The zero-order chi connectivity index (χ0) is 14.8. The van der Waals surface area contributed by atoms with Crippen molar-refractivity contribution in [3.8, 4) is 0 Å². The van der Waals surface area contributed by atoms with Gasteiger partial charge in [-0.3, -0.25) is 10.1 Å². The van der Waals surface area contributed by atoms with Gasteiger partial charge in [0.2, 0.25) is 0 Å². The normalized spacial score (nSPS) is 15.5. The molecular weight excluding hydrogens is 280 g/mol. The van der Waals surface area contributed by atoms with E-state index in [0.29, 0.717) is 17.8 Å². The molecule has 20 heavy (non-hydrogen) atoms. The average Bonchev–Trinajstić information content (AvgIpc) is 3.24. The van der Waals surface area contributed by atoms with Crippen LogP contribution in [0.3, 0.4) is 0 Å². The van der Waals surface area contributed by atoms with Crippen LogP contribution in [-0.2, 0) is 4.74 Å². The van der Waals surface area contributed by atoms with Gasteiger partial charge in [0.15, 0.2) is 0 Å². The molecule has 0 bridgehead atoms. The van der Waals surface area contributed by atoms with E-state index in [2.05, 4.69) is 10.1 Å². The summed E-state index contributed by atoms with van der Waals surface area (Å²) in [6.45, 7) is 0.652. The zero-order valence-electron chi connectivity index (χ0n) is 11.3. The third kappa shape index (κ3) is 3.04. The molecule has 1 aromatic rings. The van der Waals surface area contributed by atoms with Crippen LogP contribution >= 0.6 is 11.8 Å². The van der Waals surface area contributed by atoms with E-state index in [1.54, 1.807) is 11.8 Å². The first-order valence-electron chi connectivity index (χ1n) is 6.17. The van der Waals surface area contributed by atoms with Gasteiger partial charge in [0.05, 0.1) is 17.6 Å². The Morgan fingerprint density at radius 2 is 2.25 bits per heavy atom. The van der Waals surface area contributed by atoms with Crippen molar-refractivity contribution in [2.45, 2.75) is 17.6 Å². The molecule has 1 fully saturated rings. The minimum atomic E-state index is -0.506. The summed E-state index contributed by atoms with van der Waals surface area (Å²) in [5, 5.41) is 14.1. The van der Waals surface area contributed by atoms with Gasteiger partial charge in [0.1, 0.15) is 5.69 Å². The van der Waals surface area contributed by atoms with E-state index < -0.39 is 10.9 Å². The van der Waals surface area contributed by atoms with Crippen LogP contribution in [-0.4, -0.2) is 35.5 Å². The van der Waals surface area contributed by atoms with Crippen LogP contribution < -0.4 is 5.32 Å². The van der Waals surface area contributed by atoms with E-state index in [9.17, 15) is 14.9 Å².